The Labute approximate surface area is 157 Å². The lowest BCUT2D eigenvalue weighted by Gasteiger charge is -2.22. The first-order valence-corrected chi connectivity index (χ1v) is 9.34. The number of urea groups is 1. The molecular formula is C21H23N3O3. The number of anilines is 1. The van der Waals surface area contributed by atoms with E-state index in [4.69, 9.17) is 9.15 Å². The molecule has 2 amide bonds. The summed E-state index contributed by atoms with van der Waals surface area (Å²) < 4.78 is 11.1. The zero-order chi connectivity index (χ0) is 18.6. The van der Waals surface area contributed by atoms with Gasteiger partial charge in [-0.05, 0) is 43.2 Å². The third-order valence-electron chi connectivity index (χ3n) is 4.90. The standard InChI is InChI=1S/C21H23N3O3/c1-26-17-9-5-6-14(12-17)20-24-18-11-10-16(13-19(18)27-20)23-21(25)22-15-7-3-2-4-8-15/h5-6,9-13,15H,2-4,7-8H2,1H3,(H2,22,23,25). The van der Waals surface area contributed by atoms with E-state index >= 15 is 0 Å². The van der Waals surface area contributed by atoms with Crippen LogP contribution in [0, 0.1) is 0 Å². The van der Waals surface area contributed by atoms with Crippen molar-refractivity contribution in [3.8, 4) is 17.2 Å². The maximum absolute atomic E-state index is 12.2. The summed E-state index contributed by atoms with van der Waals surface area (Å²) in [7, 11) is 1.63. The Morgan fingerprint density at radius 2 is 2.00 bits per heavy atom. The topological polar surface area (TPSA) is 76.4 Å². The molecule has 0 radical (unpaired) electrons. The molecule has 1 fully saturated rings. The number of oxazole rings is 1. The number of carbonyl (C=O) groups is 1. The zero-order valence-electron chi connectivity index (χ0n) is 15.3. The number of nitrogens with one attached hydrogen (secondary N) is 2. The van der Waals surface area contributed by atoms with E-state index < -0.39 is 0 Å². The van der Waals surface area contributed by atoms with Gasteiger partial charge in [0.1, 0.15) is 11.3 Å². The number of ether oxygens (including phenoxy) is 1. The lowest BCUT2D eigenvalue weighted by atomic mass is 9.96. The molecular weight excluding hydrogens is 342 g/mol. The normalized spacial score (nSPS) is 14.9. The summed E-state index contributed by atoms with van der Waals surface area (Å²) in [5.74, 6) is 1.27. The van der Waals surface area contributed by atoms with Crippen molar-refractivity contribution in [3.63, 3.8) is 0 Å². The smallest absolute Gasteiger partial charge is 0.319 e. The molecule has 0 unspecified atom stereocenters. The van der Waals surface area contributed by atoms with Crippen LogP contribution in [-0.4, -0.2) is 24.2 Å². The van der Waals surface area contributed by atoms with Crippen LogP contribution in [0.25, 0.3) is 22.6 Å². The molecule has 2 aromatic carbocycles. The van der Waals surface area contributed by atoms with E-state index in [0.29, 0.717) is 17.2 Å². The Morgan fingerprint density at radius 1 is 1.15 bits per heavy atom. The number of nitrogens with zero attached hydrogens (tertiary/aromatic N) is 1. The Kier molecular flexibility index (Phi) is 4.96. The lowest BCUT2D eigenvalue weighted by Crippen LogP contribution is -2.38. The minimum atomic E-state index is -0.172. The van der Waals surface area contributed by atoms with E-state index in [1.807, 2.05) is 36.4 Å². The van der Waals surface area contributed by atoms with Gasteiger partial charge in [-0.25, -0.2) is 9.78 Å². The maximum Gasteiger partial charge on any atom is 0.319 e. The third-order valence-corrected chi connectivity index (χ3v) is 4.90. The van der Waals surface area contributed by atoms with Gasteiger partial charge < -0.3 is 19.8 Å². The lowest BCUT2D eigenvalue weighted by molar-refractivity contribution is 0.244. The molecule has 27 heavy (non-hydrogen) atoms. The second kappa shape index (κ2) is 7.70. The van der Waals surface area contributed by atoms with Crippen molar-refractivity contribution in [2.45, 2.75) is 38.1 Å². The van der Waals surface area contributed by atoms with Gasteiger partial charge in [0.05, 0.1) is 7.11 Å². The monoisotopic (exact) mass is 365 g/mol. The molecule has 0 spiro atoms. The minimum Gasteiger partial charge on any atom is -0.497 e. The number of aromatic nitrogens is 1. The molecule has 1 aliphatic carbocycles. The van der Waals surface area contributed by atoms with E-state index in [-0.39, 0.29) is 12.1 Å². The second-order valence-corrected chi connectivity index (χ2v) is 6.87. The van der Waals surface area contributed by atoms with Gasteiger partial charge in [-0.3, -0.25) is 0 Å². The molecule has 2 N–H and O–H groups in total. The number of hydrogen-bond donors (Lipinski definition) is 2. The van der Waals surface area contributed by atoms with Gasteiger partial charge in [0.2, 0.25) is 5.89 Å². The van der Waals surface area contributed by atoms with Crippen molar-refractivity contribution >= 4 is 22.8 Å². The molecule has 6 heteroatoms. The van der Waals surface area contributed by atoms with Crippen LogP contribution >= 0.6 is 0 Å². The fraction of sp³-hybridized carbons (Fsp3) is 0.333. The zero-order valence-corrected chi connectivity index (χ0v) is 15.3. The van der Waals surface area contributed by atoms with Gasteiger partial charge in [-0.2, -0.15) is 0 Å². The van der Waals surface area contributed by atoms with Gasteiger partial charge in [-0.1, -0.05) is 25.3 Å². The molecule has 6 nitrogen and oxygen atoms in total. The van der Waals surface area contributed by atoms with E-state index in [1.54, 1.807) is 13.2 Å². The van der Waals surface area contributed by atoms with Crippen LogP contribution in [0.3, 0.4) is 0 Å². The third kappa shape index (κ3) is 4.05. The fourth-order valence-electron chi connectivity index (χ4n) is 3.48. The Balaban J connectivity index is 1.49. The van der Waals surface area contributed by atoms with Crippen molar-refractivity contribution in [2.75, 3.05) is 12.4 Å². The molecule has 3 aromatic rings. The molecule has 0 atom stereocenters. The average molecular weight is 365 g/mol. The molecule has 1 heterocycles. The predicted octanol–water partition coefficient (Wildman–Crippen LogP) is 4.96. The highest BCUT2D eigenvalue weighted by atomic mass is 16.5. The van der Waals surface area contributed by atoms with E-state index in [1.165, 1.54) is 19.3 Å². The highest BCUT2D eigenvalue weighted by Gasteiger charge is 2.16. The highest BCUT2D eigenvalue weighted by Crippen LogP contribution is 2.28. The van der Waals surface area contributed by atoms with Gasteiger partial charge in [-0.15, -0.1) is 0 Å². The number of hydrogen-bond acceptors (Lipinski definition) is 4. The molecule has 0 bridgehead atoms. The maximum atomic E-state index is 12.2. The van der Waals surface area contributed by atoms with Crippen LogP contribution < -0.4 is 15.4 Å². The first-order chi connectivity index (χ1) is 13.2. The van der Waals surface area contributed by atoms with Gasteiger partial charge >= 0.3 is 6.03 Å². The number of benzene rings is 2. The molecule has 1 aliphatic rings. The number of fused-ring (bicyclic) bond motifs is 1. The largest absolute Gasteiger partial charge is 0.497 e. The number of rotatable bonds is 4. The van der Waals surface area contributed by atoms with Crippen LogP contribution in [0.4, 0.5) is 10.5 Å². The SMILES string of the molecule is COc1cccc(-c2nc3ccc(NC(=O)NC4CCCCC4)cc3o2)c1. The van der Waals surface area contributed by atoms with E-state index in [9.17, 15) is 4.79 Å². The van der Waals surface area contributed by atoms with E-state index in [2.05, 4.69) is 15.6 Å². The van der Waals surface area contributed by atoms with Crippen LogP contribution in [0.1, 0.15) is 32.1 Å². The highest BCUT2D eigenvalue weighted by molar-refractivity contribution is 5.92. The number of methoxy groups -OCH3 is 1. The summed E-state index contributed by atoms with van der Waals surface area (Å²) in [4.78, 5) is 16.8. The summed E-state index contributed by atoms with van der Waals surface area (Å²) in [6.07, 6.45) is 5.73. The van der Waals surface area contributed by atoms with Gasteiger partial charge in [0.15, 0.2) is 5.58 Å². The second-order valence-electron chi connectivity index (χ2n) is 6.87. The van der Waals surface area contributed by atoms with Crippen LogP contribution in [0.15, 0.2) is 46.9 Å². The van der Waals surface area contributed by atoms with Gasteiger partial charge in [0, 0.05) is 23.4 Å². The summed E-state index contributed by atoms with van der Waals surface area (Å²) in [5, 5.41) is 5.94. The van der Waals surface area contributed by atoms with Crippen molar-refractivity contribution in [1.82, 2.24) is 10.3 Å². The predicted molar refractivity (Wildman–Crippen MR) is 105 cm³/mol. The van der Waals surface area contributed by atoms with Crippen LogP contribution in [0.5, 0.6) is 5.75 Å². The van der Waals surface area contributed by atoms with E-state index in [0.717, 1.165) is 29.7 Å². The first kappa shape index (κ1) is 17.4. The summed E-state index contributed by atoms with van der Waals surface area (Å²) in [6.45, 7) is 0. The molecule has 1 saturated carbocycles. The number of carbonyl (C=O) groups excluding carboxylic acids is 1. The quantitative estimate of drug-likeness (QED) is 0.685. The Morgan fingerprint density at radius 3 is 2.81 bits per heavy atom. The molecule has 4 rings (SSSR count). The van der Waals surface area contributed by atoms with Crippen molar-refractivity contribution in [1.29, 1.82) is 0 Å². The first-order valence-electron chi connectivity index (χ1n) is 9.34. The van der Waals surface area contributed by atoms with Crippen molar-refractivity contribution in [3.05, 3.63) is 42.5 Å². The van der Waals surface area contributed by atoms with Crippen LogP contribution in [-0.2, 0) is 0 Å². The number of amides is 2. The molecule has 0 saturated heterocycles. The van der Waals surface area contributed by atoms with Crippen molar-refractivity contribution < 1.29 is 13.9 Å². The summed E-state index contributed by atoms with van der Waals surface area (Å²) in [5.41, 5.74) is 2.90. The Hall–Kier alpha value is -3.02. The molecule has 140 valence electrons. The molecule has 1 aromatic heterocycles. The average Bonchev–Trinajstić information content (AvgIpc) is 3.12. The van der Waals surface area contributed by atoms with Crippen LogP contribution in [0.2, 0.25) is 0 Å². The summed E-state index contributed by atoms with van der Waals surface area (Å²) >= 11 is 0. The van der Waals surface area contributed by atoms with Crippen molar-refractivity contribution in [2.24, 2.45) is 0 Å². The molecule has 0 aliphatic heterocycles. The van der Waals surface area contributed by atoms with Gasteiger partial charge in [0.25, 0.3) is 0 Å². The Bertz CT molecular complexity index is 945. The minimum absolute atomic E-state index is 0.172. The summed E-state index contributed by atoms with van der Waals surface area (Å²) in [6, 6.07) is 13.1. The fourth-order valence-corrected chi connectivity index (χ4v) is 3.48.